The van der Waals surface area contributed by atoms with Gasteiger partial charge in [-0.1, -0.05) is 6.07 Å². The van der Waals surface area contributed by atoms with Crippen LogP contribution in [0.2, 0.25) is 0 Å². The molecule has 0 amide bonds. The van der Waals surface area contributed by atoms with Gasteiger partial charge in [0, 0.05) is 25.5 Å². The van der Waals surface area contributed by atoms with E-state index in [1.54, 1.807) is 13.2 Å². The fourth-order valence-electron chi connectivity index (χ4n) is 1.92. The molecule has 0 aliphatic rings. The Balaban J connectivity index is 2.37. The van der Waals surface area contributed by atoms with Gasteiger partial charge in [-0.2, -0.15) is 0 Å². The minimum Gasteiger partial charge on any atom is -0.493 e. The van der Waals surface area contributed by atoms with E-state index >= 15 is 0 Å². The summed E-state index contributed by atoms with van der Waals surface area (Å²) in [5.41, 5.74) is 0.117. The second kappa shape index (κ2) is 6.34. The van der Waals surface area contributed by atoms with Crippen molar-refractivity contribution in [2.24, 2.45) is 0 Å². The molecule has 0 fully saturated rings. The Bertz CT molecular complexity index is 625. The molecule has 0 radical (unpaired) electrons. The van der Waals surface area contributed by atoms with E-state index in [4.69, 9.17) is 14.6 Å². The molecule has 0 bridgehead atoms. The maximum absolute atomic E-state index is 13.3. The molecule has 0 aliphatic carbocycles. The van der Waals surface area contributed by atoms with Gasteiger partial charge in [0.2, 0.25) is 0 Å². The summed E-state index contributed by atoms with van der Waals surface area (Å²) in [5, 5.41) is 10.3. The predicted molar refractivity (Wildman–Crippen MR) is 72.9 cm³/mol. The van der Waals surface area contributed by atoms with Gasteiger partial charge in [-0.05, 0) is 29.7 Å². The summed E-state index contributed by atoms with van der Waals surface area (Å²) in [6.45, 7) is 0.924. The number of halogens is 1. The number of carboxylic acids is 1. The highest BCUT2D eigenvalue weighted by Gasteiger charge is 2.11. The van der Waals surface area contributed by atoms with Gasteiger partial charge in [0.15, 0.2) is 0 Å². The quantitative estimate of drug-likeness (QED) is 0.825. The van der Waals surface area contributed by atoms with E-state index in [9.17, 15) is 9.18 Å². The monoisotopic (exact) mass is 278 g/mol. The van der Waals surface area contributed by atoms with Crippen LogP contribution in [0.4, 0.5) is 4.39 Å². The maximum atomic E-state index is 13.3. The third-order valence-electron chi connectivity index (χ3n) is 2.88. The van der Waals surface area contributed by atoms with Crippen LogP contribution in [0.1, 0.15) is 16.8 Å². The van der Waals surface area contributed by atoms with Crippen LogP contribution in [-0.2, 0) is 4.74 Å². The van der Waals surface area contributed by atoms with Crippen LogP contribution < -0.4 is 4.74 Å². The SMILES string of the molecule is COCCCOc1cc(C(=O)O)cc2ccc(F)cc12. The number of methoxy groups -OCH3 is 1. The Morgan fingerprint density at radius 3 is 2.75 bits per heavy atom. The number of hydrogen-bond acceptors (Lipinski definition) is 3. The number of benzene rings is 2. The number of fused-ring (bicyclic) bond motifs is 1. The summed E-state index contributed by atoms with van der Waals surface area (Å²) in [5.74, 6) is -1.06. The lowest BCUT2D eigenvalue weighted by Gasteiger charge is -2.11. The standard InChI is InChI=1S/C15H15FO4/c1-19-5-2-6-20-14-8-11(15(17)18)7-10-3-4-12(16)9-13(10)14/h3-4,7-9H,2,5-6H2,1H3,(H,17,18). The van der Waals surface area contributed by atoms with Crippen LogP contribution in [0.15, 0.2) is 30.3 Å². The van der Waals surface area contributed by atoms with Crippen molar-refractivity contribution in [1.82, 2.24) is 0 Å². The van der Waals surface area contributed by atoms with Crippen LogP contribution in [0.25, 0.3) is 10.8 Å². The van der Waals surface area contributed by atoms with Gasteiger partial charge in [0.1, 0.15) is 11.6 Å². The van der Waals surface area contributed by atoms with E-state index in [2.05, 4.69) is 0 Å². The van der Waals surface area contributed by atoms with E-state index in [0.717, 1.165) is 0 Å². The molecule has 0 saturated carbocycles. The fourth-order valence-corrected chi connectivity index (χ4v) is 1.92. The number of hydrogen-bond donors (Lipinski definition) is 1. The Morgan fingerprint density at radius 2 is 2.05 bits per heavy atom. The lowest BCUT2D eigenvalue weighted by atomic mass is 10.1. The molecule has 4 nitrogen and oxygen atoms in total. The van der Waals surface area contributed by atoms with Crippen LogP contribution in [0.3, 0.4) is 0 Å². The molecule has 0 aliphatic heterocycles. The van der Waals surface area contributed by atoms with Crippen LogP contribution >= 0.6 is 0 Å². The van der Waals surface area contributed by atoms with Crippen molar-refractivity contribution < 1.29 is 23.8 Å². The Hall–Kier alpha value is -2.14. The molecule has 1 N–H and O–H groups in total. The molecule has 2 aromatic carbocycles. The van der Waals surface area contributed by atoms with Gasteiger partial charge in [0.05, 0.1) is 12.2 Å². The molecule has 0 spiro atoms. The molecule has 5 heteroatoms. The summed E-state index contributed by atoms with van der Waals surface area (Å²) in [6.07, 6.45) is 0.671. The zero-order chi connectivity index (χ0) is 14.5. The van der Waals surface area contributed by atoms with Gasteiger partial charge >= 0.3 is 5.97 Å². The highest BCUT2D eigenvalue weighted by Crippen LogP contribution is 2.28. The third-order valence-corrected chi connectivity index (χ3v) is 2.88. The first-order valence-corrected chi connectivity index (χ1v) is 6.20. The van der Waals surface area contributed by atoms with Crippen molar-refractivity contribution >= 4 is 16.7 Å². The van der Waals surface area contributed by atoms with Crippen molar-refractivity contribution in [3.8, 4) is 5.75 Å². The Morgan fingerprint density at radius 1 is 1.25 bits per heavy atom. The second-order valence-electron chi connectivity index (χ2n) is 4.34. The summed E-state index contributed by atoms with van der Waals surface area (Å²) in [4.78, 5) is 11.1. The zero-order valence-corrected chi connectivity index (χ0v) is 11.1. The summed E-state index contributed by atoms with van der Waals surface area (Å²) in [7, 11) is 1.59. The minimum absolute atomic E-state index is 0.117. The van der Waals surface area contributed by atoms with Crippen LogP contribution in [0, 0.1) is 5.82 Å². The summed E-state index contributed by atoms with van der Waals surface area (Å²) in [6, 6.07) is 7.09. The Kier molecular flexibility index (Phi) is 4.53. The lowest BCUT2D eigenvalue weighted by Crippen LogP contribution is -2.04. The van der Waals surface area contributed by atoms with E-state index in [1.807, 2.05) is 0 Å². The van der Waals surface area contributed by atoms with Gasteiger partial charge in [-0.25, -0.2) is 9.18 Å². The topological polar surface area (TPSA) is 55.8 Å². The zero-order valence-electron chi connectivity index (χ0n) is 11.1. The highest BCUT2D eigenvalue weighted by atomic mass is 19.1. The minimum atomic E-state index is -1.04. The smallest absolute Gasteiger partial charge is 0.335 e. The number of carbonyl (C=O) groups is 1. The Labute approximate surface area is 115 Å². The molecule has 0 atom stereocenters. The first-order valence-electron chi connectivity index (χ1n) is 6.20. The molecule has 0 heterocycles. The second-order valence-corrected chi connectivity index (χ2v) is 4.34. The molecule has 0 unspecified atom stereocenters. The average molecular weight is 278 g/mol. The summed E-state index contributed by atoms with van der Waals surface area (Å²) < 4.78 is 23.8. The third kappa shape index (κ3) is 3.24. The van der Waals surface area contributed by atoms with Crippen molar-refractivity contribution in [3.63, 3.8) is 0 Å². The molecule has 0 aromatic heterocycles. The number of carboxylic acid groups (broad SMARTS) is 1. The van der Waals surface area contributed by atoms with Gasteiger partial charge in [-0.3, -0.25) is 0 Å². The van der Waals surface area contributed by atoms with Crippen LogP contribution in [0.5, 0.6) is 5.75 Å². The molecule has 2 aromatic rings. The van der Waals surface area contributed by atoms with E-state index < -0.39 is 5.97 Å². The van der Waals surface area contributed by atoms with E-state index in [0.29, 0.717) is 36.2 Å². The van der Waals surface area contributed by atoms with Crippen molar-refractivity contribution in [3.05, 3.63) is 41.7 Å². The van der Waals surface area contributed by atoms with Crippen molar-refractivity contribution in [1.29, 1.82) is 0 Å². The first-order chi connectivity index (χ1) is 9.61. The van der Waals surface area contributed by atoms with Crippen molar-refractivity contribution in [2.45, 2.75) is 6.42 Å². The predicted octanol–water partition coefficient (Wildman–Crippen LogP) is 3.09. The molecular formula is C15H15FO4. The number of aromatic carboxylic acids is 1. The normalized spacial score (nSPS) is 10.7. The molecule has 106 valence electrons. The van der Waals surface area contributed by atoms with Crippen molar-refractivity contribution in [2.75, 3.05) is 20.3 Å². The first kappa shape index (κ1) is 14.3. The van der Waals surface area contributed by atoms with Crippen LogP contribution in [-0.4, -0.2) is 31.4 Å². The molecule has 2 rings (SSSR count). The average Bonchev–Trinajstić information content (AvgIpc) is 2.43. The molecular weight excluding hydrogens is 263 g/mol. The van der Waals surface area contributed by atoms with E-state index in [-0.39, 0.29) is 11.4 Å². The number of ether oxygens (including phenoxy) is 2. The molecule has 0 saturated heterocycles. The lowest BCUT2D eigenvalue weighted by molar-refractivity contribution is 0.0696. The van der Waals surface area contributed by atoms with Gasteiger partial charge < -0.3 is 14.6 Å². The molecule has 20 heavy (non-hydrogen) atoms. The van der Waals surface area contributed by atoms with Gasteiger partial charge in [0.25, 0.3) is 0 Å². The van der Waals surface area contributed by atoms with E-state index in [1.165, 1.54) is 24.3 Å². The fraction of sp³-hybridized carbons (Fsp3) is 0.267. The maximum Gasteiger partial charge on any atom is 0.335 e. The van der Waals surface area contributed by atoms with Gasteiger partial charge in [-0.15, -0.1) is 0 Å². The largest absolute Gasteiger partial charge is 0.493 e. The number of rotatable bonds is 6. The highest BCUT2D eigenvalue weighted by molar-refractivity contribution is 5.97. The summed E-state index contributed by atoms with van der Waals surface area (Å²) >= 11 is 0.